The van der Waals surface area contributed by atoms with Gasteiger partial charge in [0.1, 0.15) is 5.75 Å². The molecule has 0 aliphatic carbocycles. The molecule has 1 aromatic heterocycles. The molecular formula is C14H17N3O. The van der Waals surface area contributed by atoms with E-state index in [0.29, 0.717) is 0 Å². The van der Waals surface area contributed by atoms with Crippen LogP contribution in [-0.2, 0) is 0 Å². The Hall–Kier alpha value is -1.91. The van der Waals surface area contributed by atoms with Crippen molar-refractivity contribution in [2.24, 2.45) is 5.84 Å². The van der Waals surface area contributed by atoms with Crippen LogP contribution >= 0.6 is 0 Å². The minimum Gasteiger partial charge on any atom is -0.495 e. The first kappa shape index (κ1) is 12.5. The predicted octanol–water partition coefficient (Wildman–Crippen LogP) is 1.95. The molecule has 3 N–H and O–H groups in total. The van der Waals surface area contributed by atoms with Crippen LogP contribution in [-0.4, -0.2) is 12.1 Å². The lowest BCUT2D eigenvalue weighted by Crippen LogP contribution is -2.29. The minimum absolute atomic E-state index is 0.107. The fourth-order valence-electron chi connectivity index (χ4n) is 2.06. The zero-order chi connectivity index (χ0) is 13.0. The molecule has 0 saturated carbocycles. The first-order chi connectivity index (χ1) is 8.77. The van der Waals surface area contributed by atoms with Gasteiger partial charge in [-0.25, -0.2) is 5.43 Å². The molecule has 1 unspecified atom stereocenters. The first-order valence-corrected chi connectivity index (χ1v) is 5.77. The van der Waals surface area contributed by atoms with E-state index in [1.165, 1.54) is 5.56 Å². The molecule has 0 radical (unpaired) electrons. The third kappa shape index (κ3) is 2.34. The second kappa shape index (κ2) is 5.62. The summed E-state index contributed by atoms with van der Waals surface area (Å²) in [5.74, 6) is 6.43. The lowest BCUT2D eigenvalue weighted by atomic mass is 9.96. The van der Waals surface area contributed by atoms with E-state index in [2.05, 4.69) is 29.5 Å². The van der Waals surface area contributed by atoms with Crippen LogP contribution < -0.4 is 16.0 Å². The van der Waals surface area contributed by atoms with Crippen molar-refractivity contribution < 1.29 is 4.74 Å². The molecule has 18 heavy (non-hydrogen) atoms. The van der Waals surface area contributed by atoms with Gasteiger partial charge < -0.3 is 4.74 Å². The number of hydrogen-bond donors (Lipinski definition) is 2. The fourth-order valence-corrected chi connectivity index (χ4v) is 2.06. The highest BCUT2D eigenvalue weighted by atomic mass is 16.5. The van der Waals surface area contributed by atoms with Crippen molar-refractivity contribution in [2.75, 3.05) is 7.11 Å². The molecule has 0 saturated heterocycles. The number of hydrazine groups is 1. The van der Waals surface area contributed by atoms with Crippen LogP contribution in [0.2, 0.25) is 0 Å². The van der Waals surface area contributed by atoms with Crippen LogP contribution in [0.1, 0.15) is 22.7 Å². The van der Waals surface area contributed by atoms with Crippen molar-refractivity contribution in [2.45, 2.75) is 13.0 Å². The molecule has 94 valence electrons. The van der Waals surface area contributed by atoms with Crippen molar-refractivity contribution in [3.8, 4) is 5.75 Å². The second-order valence-electron chi connectivity index (χ2n) is 4.07. The van der Waals surface area contributed by atoms with E-state index in [0.717, 1.165) is 16.9 Å². The maximum Gasteiger partial charge on any atom is 0.142 e. The monoisotopic (exact) mass is 243 g/mol. The van der Waals surface area contributed by atoms with Crippen molar-refractivity contribution in [3.05, 3.63) is 59.4 Å². The number of aryl methyl sites for hydroxylation is 1. The average molecular weight is 243 g/mol. The van der Waals surface area contributed by atoms with Gasteiger partial charge in [-0.1, -0.05) is 24.3 Å². The zero-order valence-corrected chi connectivity index (χ0v) is 10.6. The Balaban J connectivity index is 2.49. The lowest BCUT2D eigenvalue weighted by molar-refractivity contribution is 0.402. The number of pyridine rings is 1. The summed E-state index contributed by atoms with van der Waals surface area (Å²) in [4.78, 5) is 4.06. The molecule has 4 nitrogen and oxygen atoms in total. The number of nitrogens with zero attached hydrogens (tertiary/aromatic N) is 1. The van der Waals surface area contributed by atoms with Crippen LogP contribution in [0.5, 0.6) is 5.75 Å². The van der Waals surface area contributed by atoms with Crippen LogP contribution in [0.3, 0.4) is 0 Å². The Morgan fingerprint density at radius 1 is 1.22 bits per heavy atom. The van der Waals surface area contributed by atoms with E-state index in [4.69, 9.17) is 10.6 Å². The van der Waals surface area contributed by atoms with Gasteiger partial charge in [0.2, 0.25) is 0 Å². The first-order valence-electron chi connectivity index (χ1n) is 5.77. The molecule has 0 fully saturated rings. The Morgan fingerprint density at radius 3 is 2.67 bits per heavy atom. The minimum atomic E-state index is -0.107. The SMILES string of the molecule is COc1cnccc1C(NN)c1ccccc1C. The highest BCUT2D eigenvalue weighted by Gasteiger charge is 2.18. The van der Waals surface area contributed by atoms with Gasteiger partial charge in [0.15, 0.2) is 0 Å². The molecule has 0 aliphatic rings. The number of rotatable bonds is 4. The Bertz CT molecular complexity index is 528. The molecule has 1 aromatic carbocycles. The summed E-state index contributed by atoms with van der Waals surface area (Å²) in [7, 11) is 1.63. The van der Waals surface area contributed by atoms with Crippen LogP contribution in [0.4, 0.5) is 0 Å². The van der Waals surface area contributed by atoms with Gasteiger partial charge in [-0.3, -0.25) is 10.8 Å². The fraction of sp³-hybridized carbons (Fsp3) is 0.214. The number of aromatic nitrogens is 1. The smallest absolute Gasteiger partial charge is 0.142 e. The number of nitrogens with one attached hydrogen (secondary N) is 1. The molecule has 1 atom stereocenters. The van der Waals surface area contributed by atoms with Gasteiger partial charge in [-0.2, -0.15) is 0 Å². The summed E-state index contributed by atoms with van der Waals surface area (Å²) in [6.45, 7) is 2.06. The summed E-state index contributed by atoms with van der Waals surface area (Å²) in [6.07, 6.45) is 3.43. The summed E-state index contributed by atoms with van der Waals surface area (Å²) in [6, 6.07) is 9.93. The van der Waals surface area contributed by atoms with E-state index >= 15 is 0 Å². The number of benzene rings is 1. The van der Waals surface area contributed by atoms with Crippen LogP contribution in [0.15, 0.2) is 42.7 Å². The standard InChI is InChI=1S/C14H17N3O/c1-10-5-3-4-6-11(10)14(17-15)12-7-8-16-9-13(12)18-2/h3-9,14,17H,15H2,1-2H3. The Morgan fingerprint density at radius 2 is 2.00 bits per heavy atom. The molecule has 2 aromatic rings. The Labute approximate surface area is 107 Å². The van der Waals surface area contributed by atoms with E-state index in [-0.39, 0.29) is 6.04 Å². The number of nitrogens with two attached hydrogens (primary N) is 1. The normalized spacial score (nSPS) is 12.2. The maximum absolute atomic E-state index is 5.70. The van der Waals surface area contributed by atoms with Crippen molar-refractivity contribution in [1.29, 1.82) is 0 Å². The topological polar surface area (TPSA) is 60.2 Å². The largest absolute Gasteiger partial charge is 0.495 e. The maximum atomic E-state index is 5.70. The van der Waals surface area contributed by atoms with Gasteiger partial charge in [-0.15, -0.1) is 0 Å². The molecule has 0 bridgehead atoms. The van der Waals surface area contributed by atoms with Gasteiger partial charge in [-0.05, 0) is 24.1 Å². The zero-order valence-electron chi connectivity index (χ0n) is 10.6. The average Bonchev–Trinajstić information content (AvgIpc) is 2.42. The predicted molar refractivity (Wildman–Crippen MR) is 71.1 cm³/mol. The molecule has 0 amide bonds. The van der Waals surface area contributed by atoms with Crippen LogP contribution in [0, 0.1) is 6.92 Å². The molecule has 0 aliphatic heterocycles. The second-order valence-corrected chi connectivity index (χ2v) is 4.07. The summed E-state index contributed by atoms with van der Waals surface area (Å²) >= 11 is 0. The Kier molecular flexibility index (Phi) is 3.92. The summed E-state index contributed by atoms with van der Waals surface area (Å²) in [5.41, 5.74) is 6.13. The van der Waals surface area contributed by atoms with Crippen molar-refractivity contribution in [1.82, 2.24) is 10.4 Å². The van der Waals surface area contributed by atoms with Crippen molar-refractivity contribution >= 4 is 0 Å². The quantitative estimate of drug-likeness (QED) is 0.636. The lowest BCUT2D eigenvalue weighted by Gasteiger charge is -2.20. The molecule has 1 heterocycles. The highest BCUT2D eigenvalue weighted by Crippen LogP contribution is 2.29. The van der Waals surface area contributed by atoms with Gasteiger partial charge in [0, 0.05) is 11.8 Å². The number of methoxy groups -OCH3 is 1. The van der Waals surface area contributed by atoms with Crippen molar-refractivity contribution in [3.63, 3.8) is 0 Å². The number of ether oxygens (including phenoxy) is 1. The molecule has 2 rings (SSSR count). The highest BCUT2D eigenvalue weighted by molar-refractivity contribution is 5.42. The molecule has 4 heteroatoms. The summed E-state index contributed by atoms with van der Waals surface area (Å²) < 4.78 is 5.33. The van der Waals surface area contributed by atoms with Crippen LogP contribution in [0.25, 0.3) is 0 Å². The molecule has 0 spiro atoms. The summed E-state index contributed by atoms with van der Waals surface area (Å²) in [5, 5.41) is 0. The van der Waals surface area contributed by atoms with E-state index in [1.54, 1.807) is 19.5 Å². The van der Waals surface area contributed by atoms with Gasteiger partial charge >= 0.3 is 0 Å². The van der Waals surface area contributed by atoms with Gasteiger partial charge in [0.25, 0.3) is 0 Å². The number of hydrogen-bond acceptors (Lipinski definition) is 4. The molecular weight excluding hydrogens is 226 g/mol. The van der Waals surface area contributed by atoms with Gasteiger partial charge in [0.05, 0.1) is 19.3 Å². The third-order valence-electron chi connectivity index (χ3n) is 3.01. The van der Waals surface area contributed by atoms with E-state index < -0.39 is 0 Å². The third-order valence-corrected chi connectivity index (χ3v) is 3.01. The van der Waals surface area contributed by atoms with E-state index in [1.807, 2.05) is 18.2 Å². The van der Waals surface area contributed by atoms with E-state index in [9.17, 15) is 0 Å².